The number of nitrogens with one attached hydrogen (secondary N) is 1. The van der Waals surface area contributed by atoms with Crippen LogP contribution in [0.4, 0.5) is 0 Å². The van der Waals surface area contributed by atoms with Crippen molar-refractivity contribution in [1.29, 1.82) is 0 Å². The minimum atomic E-state index is 0.762. The summed E-state index contributed by atoms with van der Waals surface area (Å²) in [5.41, 5.74) is 5.83. The second-order valence-corrected chi connectivity index (χ2v) is 5.19. The highest BCUT2D eigenvalue weighted by atomic mass is 35.5. The maximum atomic E-state index is 6.16. The van der Waals surface area contributed by atoms with Crippen molar-refractivity contribution in [2.45, 2.75) is 27.3 Å². The van der Waals surface area contributed by atoms with Crippen LogP contribution in [0.3, 0.4) is 0 Å². The van der Waals surface area contributed by atoms with Crippen molar-refractivity contribution in [1.82, 2.24) is 15.1 Å². The van der Waals surface area contributed by atoms with E-state index in [0.29, 0.717) is 0 Å². The van der Waals surface area contributed by atoms with Crippen molar-refractivity contribution in [3.63, 3.8) is 0 Å². The first-order chi connectivity index (χ1) is 9.04. The minimum absolute atomic E-state index is 0.762. The van der Waals surface area contributed by atoms with E-state index in [9.17, 15) is 0 Å². The van der Waals surface area contributed by atoms with Crippen molar-refractivity contribution in [3.8, 4) is 11.1 Å². The predicted molar refractivity (Wildman–Crippen MR) is 80.5 cm³/mol. The lowest BCUT2D eigenvalue weighted by molar-refractivity contribution is 0.727. The molecular weight excluding hydrogens is 258 g/mol. The van der Waals surface area contributed by atoms with Crippen LogP contribution in [0.2, 0.25) is 5.02 Å². The van der Waals surface area contributed by atoms with Gasteiger partial charge in [-0.15, -0.1) is 0 Å². The van der Waals surface area contributed by atoms with Crippen LogP contribution < -0.4 is 5.32 Å². The average molecular weight is 278 g/mol. The van der Waals surface area contributed by atoms with Gasteiger partial charge in [-0.3, -0.25) is 4.68 Å². The van der Waals surface area contributed by atoms with Gasteiger partial charge in [-0.1, -0.05) is 24.6 Å². The molecule has 1 aromatic heterocycles. The van der Waals surface area contributed by atoms with Gasteiger partial charge < -0.3 is 5.32 Å². The molecule has 1 aromatic carbocycles. The third-order valence-corrected chi connectivity index (χ3v) is 3.65. The molecule has 0 saturated carbocycles. The zero-order valence-electron chi connectivity index (χ0n) is 11.9. The van der Waals surface area contributed by atoms with Crippen LogP contribution in [-0.2, 0) is 13.6 Å². The molecule has 0 spiro atoms. The molecule has 0 radical (unpaired) electrons. The Morgan fingerprint density at radius 2 is 2.05 bits per heavy atom. The maximum absolute atomic E-state index is 6.16. The SMILES string of the molecule is CCNCc1ccc(Cl)cc1-c1c(C)nn(C)c1C. The third kappa shape index (κ3) is 2.82. The van der Waals surface area contributed by atoms with Gasteiger partial charge in [0.25, 0.3) is 0 Å². The highest BCUT2D eigenvalue weighted by Gasteiger charge is 2.15. The first kappa shape index (κ1) is 14.1. The van der Waals surface area contributed by atoms with E-state index in [0.717, 1.165) is 29.5 Å². The van der Waals surface area contributed by atoms with E-state index < -0.39 is 0 Å². The Bertz CT molecular complexity index is 587. The number of nitrogens with zero attached hydrogens (tertiary/aromatic N) is 2. The lowest BCUT2D eigenvalue weighted by Gasteiger charge is -2.11. The van der Waals surface area contributed by atoms with Crippen molar-refractivity contribution in [2.24, 2.45) is 7.05 Å². The van der Waals surface area contributed by atoms with Gasteiger partial charge in [0.05, 0.1) is 5.69 Å². The molecule has 0 aliphatic rings. The van der Waals surface area contributed by atoms with E-state index in [1.807, 2.05) is 30.8 Å². The Morgan fingerprint density at radius 3 is 2.63 bits per heavy atom. The van der Waals surface area contributed by atoms with Gasteiger partial charge in [0.1, 0.15) is 0 Å². The Balaban J connectivity index is 2.56. The van der Waals surface area contributed by atoms with Gasteiger partial charge in [0, 0.05) is 29.9 Å². The van der Waals surface area contributed by atoms with E-state index in [-0.39, 0.29) is 0 Å². The molecule has 19 heavy (non-hydrogen) atoms. The predicted octanol–water partition coefficient (Wildman–Crippen LogP) is 3.47. The molecule has 0 aliphatic heterocycles. The number of aryl methyl sites for hydroxylation is 2. The van der Waals surface area contributed by atoms with Crippen molar-refractivity contribution in [2.75, 3.05) is 6.54 Å². The standard InChI is InChI=1S/C15H20ClN3/c1-5-17-9-12-6-7-13(16)8-14(12)15-10(2)18-19(4)11(15)3/h6-8,17H,5,9H2,1-4H3. The van der Waals surface area contributed by atoms with Crippen molar-refractivity contribution in [3.05, 3.63) is 40.2 Å². The monoisotopic (exact) mass is 277 g/mol. The Hall–Kier alpha value is -1.32. The smallest absolute Gasteiger partial charge is 0.0674 e. The second kappa shape index (κ2) is 5.76. The quantitative estimate of drug-likeness (QED) is 0.927. The van der Waals surface area contributed by atoms with Gasteiger partial charge in [-0.2, -0.15) is 5.10 Å². The number of hydrogen-bond donors (Lipinski definition) is 1. The number of hydrogen-bond acceptors (Lipinski definition) is 2. The third-order valence-electron chi connectivity index (χ3n) is 3.42. The Morgan fingerprint density at radius 1 is 1.32 bits per heavy atom. The Kier molecular flexibility index (Phi) is 4.27. The van der Waals surface area contributed by atoms with Crippen LogP contribution in [0.1, 0.15) is 23.9 Å². The summed E-state index contributed by atoms with van der Waals surface area (Å²) < 4.78 is 1.92. The zero-order valence-corrected chi connectivity index (χ0v) is 12.7. The Labute approximate surface area is 119 Å². The molecule has 2 aromatic rings. The zero-order chi connectivity index (χ0) is 14.0. The van der Waals surface area contributed by atoms with Crippen LogP contribution in [0, 0.1) is 13.8 Å². The van der Waals surface area contributed by atoms with Crippen molar-refractivity contribution < 1.29 is 0 Å². The van der Waals surface area contributed by atoms with E-state index in [4.69, 9.17) is 11.6 Å². The molecule has 3 nitrogen and oxygen atoms in total. The maximum Gasteiger partial charge on any atom is 0.0674 e. The molecule has 0 atom stereocenters. The second-order valence-electron chi connectivity index (χ2n) is 4.75. The van der Waals surface area contributed by atoms with Crippen LogP contribution in [0.15, 0.2) is 18.2 Å². The summed E-state index contributed by atoms with van der Waals surface area (Å²) in [6.07, 6.45) is 0. The van der Waals surface area contributed by atoms with Gasteiger partial charge in [0.2, 0.25) is 0 Å². The fourth-order valence-electron chi connectivity index (χ4n) is 2.36. The molecule has 0 fully saturated rings. The highest BCUT2D eigenvalue weighted by Crippen LogP contribution is 2.31. The molecule has 1 heterocycles. The lowest BCUT2D eigenvalue weighted by Crippen LogP contribution is -2.12. The summed E-state index contributed by atoms with van der Waals surface area (Å²) >= 11 is 6.16. The van der Waals surface area contributed by atoms with Gasteiger partial charge >= 0.3 is 0 Å². The summed E-state index contributed by atoms with van der Waals surface area (Å²) in [6, 6.07) is 6.07. The topological polar surface area (TPSA) is 29.9 Å². The number of halogens is 1. The van der Waals surface area contributed by atoms with Crippen LogP contribution in [0.25, 0.3) is 11.1 Å². The molecule has 102 valence electrons. The van der Waals surface area contributed by atoms with Crippen LogP contribution in [0.5, 0.6) is 0 Å². The van der Waals surface area contributed by atoms with E-state index >= 15 is 0 Å². The highest BCUT2D eigenvalue weighted by molar-refractivity contribution is 6.30. The molecule has 0 saturated heterocycles. The average Bonchev–Trinajstić information content (AvgIpc) is 2.62. The number of rotatable bonds is 4. The molecular formula is C15H20ClN3. The van der Waals surface area contributed by atoms with Gasteiger partial charge in [-0.05, 0) is 43.7 Å². The van der Waals surface area contributed by atoms with E-state index in [2.05, 4.69) is 30.3 Å². The fourth-order valence-corrected chi connectivity index (χ4v) is 2.53. The summed E-state index contributed by atoms with van der Waals surface area (Å²) in [5, 5.41) is 8.62. The molecule has 0 amide bonds. The van der Waals surface area contributed by atoms with E-state index in [1.165, 1.54) is 16.7 Å². The fraction of sp³-hybridized carbons (Fsp3) is 0.400. The summed E-state index contributed by atoms with van der Waals surface area (Å²) in [6.45, 7) is 8.04. The van der Waals surface area contributed by atoms with Crippen LogP contribution in [-0.4, -0.2) is 16.3 Å². The molecule has 2 rings (SSSR count). The molecule has 4 heteroatoms. The van der Waals surface area contributed by atoms with Gasteiger partial charge in [-0.25, -0.2) is 0 Å². The first-order valence-electron chi connectivity index (χ1n) is 6.54. The lowest BCUT2D eigenvalue weighted by atomic mass is 9.98. The van der Waals surface area contributed by atoms with E-state index in [1.54, 1.807) is 0 Å². The molecule has 0 unspecified atom stereocenters. The van der Waals surface area contributed by atoms with Crippen molar-refractivity contribution >= 4 is 11.6 Å². The molecule has 0 bridgehead atoms. The van der Waals surface area contributed by atoms with Gasteiger partial charge in [0.15, 0.2) is 0 Å². The molecule has 0 aliphatic carbocycles. The molecule has 1 N–H and O–H groups in total. The number of aromatic nitrogens is 2. The number of benzene rings is 1. The summed E-state index contributed by atoms with van der Waals surface area (Å²) in [4.78, 5) is 0. The largest absolute Gasteiger partial charge is 0.313 e. The first-order valence-corrected chi connectivity index (χ1v) is 6.92. The normalized spacial score (nSPS) is 11.0. The summed E-state index contributed by atoms with van der Waals surface area (Å²) in [5.74, 6) is 0. The summed E-state index contributed by atoms with van der Waals surface area (Å²) in [7, 11) is 1.97. The van der Waals surface area contributed by atoms with Crippen LogP contribution >= 0.6 is 11.6 Å². The minimum Gasteiger partial charge on any atom is -0.313 e.